The van der Waals surface area contributed by atoms with Crippen LogP contribution in [0.3, 0.4) is 0 Å². The van der Waals surface area contributed by atoms with E-state index in [1.807, 2.05) is 25.1 Å². The molecule has 4 heteroatoms. The molecule has 0 aliphatic heterocycles. The van der Waals surface area contributed by atoms with Crippen LogP contribution in [-0.2, 0) is 0 Å². The fourth-order valence-corrected chi connectivity index (χ4v) is 2.15. The van der Waals surface area contributed by atoms with Crippen molar-refractivity contribution in [3.05, 3.63) is 33.3 Å². The van der Waals surface area contributed by atoms with Gasteiger partial charge in [-0.05, 0) is 31.5 Å². The first kappa shape index (κ1) is 13.0. The van der Waals surface area contributed by atoms with Crippen LogP contribution in [0.5, 0.6) is 0 Å². The molecule has 2 N–H and O–H groups in total. The van der Waals surface area contributed by atoms with Gasteiger partial charge in [0.2, 0.25) is 0 Å². The molecular weight excluding hydrogens is 277 g/mol. The maximum Gasteiger partial charge on any atom is 0.0636 e. The molecule has 2 nitrogen and oxygen atoms in total. The molecule has 2 unspecified atom stereocenters. The van der Waals surface area contributed by atoms with Gasteiger partial charge in [0, 0.05) is 22.1 Å². The predicted molar refractivity (Wildman–Crippen MR) is 67.3 cm³/mol. The van der Waals surface area contributed by atoms with Crippen LogP contribution in [0.25, 0.3) is 0 Å². The molecule has 0 bridgehead atoms. The predicted octanol–water partition coefficient (Wildman–Crippen LogP) is 3.13. The van der Waals surface area contributed by atoms with Gasteiger partial charge in [-0.1, -0.05) is 33.6 Å². The first-order valence-corrected chi connectivity index (χ1v) is 6.04. The average Bonchev–Trinajstić information content (AvgIpc) is 2.14. The number of aliphatic hydroxyl groups is 1. The summed E-state index contributed by atoms with van der Waals surface area (Å²) in [7, 11) is 0. The fraction of sp³-hybridized carbons (Fsp3) is 0.455. The lowest BCUT2D eigenvalue weighted by Gasteiger charge is -2.16. The Kier molecular flexibility index (Phi) is 5.06. The molecule has 0 saturated carbocycles. The van der Waals surface area contributed by atoms with Gasteiger partial charge in [0.15, 0.2) is 0 Å². The first-order valence-electron chi connectivity index (χ1n) is 4.87. The molecule has 2 atom stereocenters. The third kappa shape index (κ3) is 4.11. The van der Waals surface area contributed by atoms with Crippen LogP contribution >= 0.6 is 27.5 Å². The Labute approximate surface area is 104 Å². The SMILES string of the molecule is CC(O)CNC(C)c1ccc(Br)cc1Cl. The molecule has 0 spiro atoms. The topological polar surface area (TPSA) is 32.3 Å². The highest BCUT2D eigenvalue weighted by Gasteiger charge is 2.09. The summed E-state index contributed by atoms with van der Waals surface area (Å²) in [6.07, 6.45) is -0.346. The second kappa shape index (κ2) is 5.85. The third-order valence-electron chi connectivity index (χ3n) is 2.15. The highest BCUT2D eigenvalue weighted by Crippen LogP contribution is 2.26. The van der Waals surface area contributed by atoms with E-state index in [2.05, 4.69) is 21.2 Å². The minimum absolute atomic E-state index is 0.139. The molecule has 0 aromatic heterocycles. The standard InChI is InChI=1S/C11H15BrClNO/c1-7(15)6-14-8(2)10-4-3-9(12)5-11(10)13/h3-5,7-8,14-15H,6H2,1-2H3. The number of nitrogens with one attached hydrogen (secondary N) is 1. The zero-order valence-corrected chi connectivity index (χ0v) is 11.1. The summed E-state index contributed by atoms with van der Waals surface area (Å²) in [5.41, 5.74) is 1.04. The monoisotopic (exact) mass is 291 g/mol. The summed E-state index contributed by atoms with van der Waals surface area (Å²) >= 11 is 9.47. The summed E-state index contributed by atoms with van der Waals surface area (Å²) in [4.78, 5) is 0. The summed E-state index contributed by atoms with van der Waals surface area (Å²) in [5, 5.41) is 13.1. The van der Waals surface area contributed by atoms with Crippen molar-refractivity contribution in [1.82, 2.24) is 5.32 Å². The molecule has 0 saturated heterocycles. The summed E-state index contributed by atoms with van der Waals surface area (Å²) in [6.45, 7) is 4.34. The van der Waals surface area contributed by atoms with Gasteiger partial charge in [-0.15, -0.1) is 0 Å². The Morgan fingerprint density at radius 1 is 1.47 bits per heavy atom. The Hall–Kier alpha value is -0.0900. The zero-order chi connectivity index (χ0) is 11.4. The second-order valence-corrected chi connectivity index (χ2v) is 4.97. The van der Waals surface area contributed by atoms with Crippen LogP contribution in [0.1, 0.15) is 25.5 Å². The van der Waals surface area contributed by atoms with Gasteiger partial charge in [0.25, 0.3) is 0 Å². The third-order valence-corrected chi connectivity index (χ3v) is 2.97. The molecule has 0 amide bonds. The van der Waals surface area contributed by atoms with E-state index in [0.717, 1.165) is 15.1 Å². The van der Waals surface area contributed by atoms with Crippen LogP contribution < -0.4 is 5.32 Å². The molecule has 0 aliphatic rings. The lowest BCUT2D eigenvalue weighted by Crippen LogP contribution is -2.27. The number of aliphatic hydroxyl groups excluding tert-OH is 1. The van der Waals surface area contributed by atoms with E-state index < -0.39 is 0 Å². The van der Waals surface area contributed by atoms with Gasteiger partial charge >= 0.3 is 0 Å². The fourth-order valence-electron chi connectivity index (χ4n) is 1.31. The molecule has 84 valence electrons. The molecule has 1 aromatic rings. The van der Waals surface area contributed by atoms with Gasteiger partial charge in [-0.2, -0.15) is 0 Å². The molecule has 0 heterocycles. The van der Waals surface area contributed by atoms with Gasteiger partial charge < -0.3 is 10.4 Å². The Bertz CT molecular complexity index is 330. The zero-order valence-electron chi connectivity index (χ0n) is 8.80. The molecule has 1 aromatic carbocycles. The van der Waals surface area contributed by atoms with E-state index in [4.69, 9.17) is 16.7 Å². The van der Waals surface area contributed by atoms with Gasteiger partial charge in [0.1, 0.15) is 0 Å². The number of hydrogen-bond donors (Lipinski definition) is 2. The van der Waals surface area contributed by atoms with E-state index in [9.17, 15) is 0 Å². The highest BCUT2D eigenvalue weighted by atomic mass is 79.9. The Morgan fingerprint density at radius 2 is 2.13 bits per heavy atom. The van der Waals surface area contributed by atoms with Crippen LogP contribution in [0.2, 0.25) is 5.02 Å². The summed E-state index contributed by atoms with van der Waals surface area (Å²) in [6, 6.07) is 5.95. The van der Waals surface area contributed by atoms with Crippen molar-refractivity contribution < 1.29 is 5.11 Å². The minimum atomic E-state index is -0.346. The maximum absolute atomic E-state index is 9.16. The van der Waals surface area contributed by atoms with Crippen LogP contribution in [0.15, 0.2) is 22.7 Å². The number of rotatable bonds is 4. The second-order valence-electron chi connectivity index (χ2n) is 3.64. The number of halogens is 2. The van der Waals surface area contributed by atoms with Crippen LogP contribution in [0.4, 0.5) is 0 Å². The van der Waals surface area contributed by atoms with Crippen molar-refractivity contribution in [3.8, 4) is 0 Å². The molecule has 15 heavy (non-hydrogen) atoms. The van der Waals surface area contributed by atoms with E-state index >= 15 is 0 Å². The van der Waals surface area contributed by atoms with E-state index in [1.165, 1.54) is 0 Å². The van der Waals surface area contributed by atoms with E-state index in [0.29, 0.717) is 6.54 Å². The number of benzene rings is 1. The summed E-state index contributed by atoms with van der Waals surface area (Å²) < 4.78 is 0.971. The molecule has 0 fully saturated rings. The maximum atomic E-state index is 9.16. The summed E-state index contributed by atoms with van der Waals surface area (Å²) in [5.74, 6) is 0. The van der Waals surface area contributed by atoms with Crippen molar-refractivity contribution in [2.75, 3.05) is 6.54 Å². The largest absolute Gasteiger partial charge is 0.392 e. The lowest BCUT2D eigenvalue weighted by atomic mass is 10.1. The quantitative estimate of drug-likeness (QED) is 0.893. The molecule has 1 rings (SSSR count). The highest BCUT2D eigenvalue weighted by molar-refractivity contribution is 9.10. The van der Waals surface area contributed by atoms with Crippen molar-refractivity contribution >= 4 is 27.5 Å². The first-order chi connectivity index (χ1) is 7.00. The molecular formula is C11H15BrClNO. The van der Waals surface area contributed by atoms with E-state index in [1.54, 1.807) is 6.92 Å². The normalized spacial score (nSPS) is 15.0. The Morgan fingerprint density at radius 3 is 2.67 bits per heavy atom. The lowest BCUT2D eigenvalue weighted by molar-refractivity contribution is 0.187. The van der Waals surface area contributed by atoms with Gasteiger partial charge in [-0.3, -0.25) is 0 Å². The van der Waals surface area contributed by atoms with E-state index in [-0.39, 0.29) is 12.1 Å². The van der Waals surface area contributed by atoms with Crippen molar-refractivity contribution in [2.45, 2.75) is 26.0 Å². The number of hydrogen-bond acceptors (Lipinski definition) is 2. The molecule has 0 aliphatic carbocycles. The van der Waals surface area contributed by atoms with Crippen molar-refractivity contribution in [1.29, 1.82) is 0 Å². The van der Waals surface area contributed by atoms with Crippen LogP contribution in [0, 0.1) is 0 Å². The van der Waals surface area contributed by atoms with Crippen molar-refractivity contribution in [2.24, 2.45) is 0 Å². The van der Waals surface area contributed by atoms with Crippen molar-refractivity contribution in [3.63, 3.8) is 0 Å². The molecule has 0 radical (unpaired) electrons. The minimum Gasteiger partial charge on any atom is -0.392 e. The Balaban J connectivity index is 2.69. The van der Waals surface area contributed by atoms with Crippen LogP contribution in [-0.4, -0.2) is 17.8 Å². The van der Waals surface area contributed by atoms with Gasteiger partial charge in [-0.25, -0.2) is 0 Å². The smallest absolute Gasteiger partial charge is 0.0636 e. The van der Waals surface area contributed by atoms with Gasteiger partial charge in [0.05, 0.1) is 6.10 Å². The average molecular weight is 293 g/mol.